The van der Waals surface area contributed by atoms with Crippen LogP contribution in [-0.4, -0.2) is 67.7 Å². The molecule has 1 spiro atoms. The maximum Gasteiger partial charge on any atom is 0.211 e. The third kappa shape index (κ3) is 4.98. The van der Waals surface area contributed by atoms with E-state index in [1.807, 2.05) is 6.92 Å². The minimum Gasteiger partial charge on any atom is -0.389 e. The number of likely N-dealkylation sites (tertiary alicyclic amines) is 1. The van der Waals surface area contributed by atoms with Crippen molar-refractivity contribution in [1.82, 2.24) is 9.62 Å². The third-order valence-corrected chi connectivity index (χ3v) is 14.1. The van der Waals surface area contributed by atoms with Gasteiger partial charge in [-0.15, -0.1) is 0 Å². The first kappa shape index (κ1) is 29.3. The number of hydrogen-bond acceptors (Lipinski definition) is 5. The van der Waals surface area contributed by atoms with Crippen molar-refractivity contribution in [2.75, 3.05) is 25.4 Å². The highest BCUT2D eigenvalue weighted by molar-refractivity contribution is 7.89. The lowest BCUT2D eigenvalue weighted by molar-refractivity contribution is -0.0792. The van der Waals surface area contributed by atoms with Gasteiger partial charge in [-0.2, -0.15) is 0 Å². The summed E-state index contributed by atoms with van der Waals surface area (Å²) in [6.45, 7) is 13.9. The van der Waals surface area contributed by atoms with Crippen molar-refractivity contribution < 1.29 is 18.3 Å². The molecule has 0 unspecified atom stereocenters. The van der Waals surface area contributed by atoms with Crippen LogP contribution in [0.1, 0.15) is 98.8 Å². The second kappa shape index (κ2) is 10.8. The van der Waals surface area contributed by atoms with Crippen LogP contribution in [0.25, 0.3) is 0 Å². The Morgan fingerprint density at radius 1 is 1.20 bits per heavy atom. The molecule has 10 atom stereocenters. The van der Waals surface area contributed by atoms with E-state index < -0.39 is 10.0 Å². The molecule has 6 nitrogen and oxygen atoms in total. The zero-order chi connectivity index (χ0) is 28.4. The van der Waals surface area contributed by atoms with Crippen molar-refractivity contribution in [3.05, 3.63) is 22.8 Å². The van der Waals surface area contributed by atoms with Crippen LogP contribution in [0.3, 0.4) is 0 Å². The molecule has 0 aromatic heterocycles. The first-order valence-corrected chi connectivity index (χ1v) is 18.1. The van der Waals surface area contributed by atoms with Crippen molar-refractivity contribution in [2.45, 2.75) is 123 Å². The highest BCUT2D eigenvalue weighted by Crippen LogP contribution is 2.64. The molecule has 6 aliphatic rings. The number of sulfonamides is 1. The number of aliphatic hydroxyl groups is 1. The van der Waals surface area contributed by atoms with Crippen LogP contribution < -0.4 is 4.72 Å². The number of ether oxygens (including phenoxy) is 1. The molecule has 2 heterocycles. The number of nitrogens with zero attached hydrogens (tertiary/aromatic N) is 1. The first-order chi connectivity index (χ1) is 19.0. The molecule has 6 rings (SSSR count). The van der Waals surface area contributed by atoms with Gasteiger partial charge in [0.2, 0.25) is 10.0 Å². The van der Waals surface area contributed by atoms with Crippen molar-refractivity contribution >= 4 is 10.0 Å². The Hall–Kier alpha value is -0.730. The van der Waals surface area contributed by atoms with Crippen LogP contribution >= 0.6 is 0 Å². The van der Waals surface area contributed by atoms with Crippen LogP contribution in [0, 0.1) is 35.0 Å². The van der Waals surface area contributed by atoms with Crippen LogP contribution in [0.15, 0.2) is 22.8 Å². The number of piperidine rings is 1. The van der Waals surface area contributed by atoms with Crippen molar-refractivity contribution in [3.8, 4) is 0 Å². The Morgan fingerprint density at radius 3 is 2.77 bits per heavy atom. The van der Waals surface area contributed by atoms with Gasteiger partial charge in [-0.1, -0.05) is 50.5 Å². The quantitative estimate of drug-likeness (QED) is 0.414. The van der Waals surface area contributed by atoms with Gasteiger partial charge in [0.05, 0.1) is 23.6 Å². The Kier molecular flexibility index (Phi) is 7.90. The number of aliphatic hydroxyl groups excluding tert-OH is 1. The van der Waals surface area contributed by atoms with Crippen molar-refractivity contribution in [3.63, 3.8) is 0 Å². The second-order valence-corrected chi connectivity index (χ2v) is 16.8. The zero-order valence-corrected chi connectivity index (χ0v) is 26.4. The molecule has 0 aromatic rings. The summed E-state index contributed by atoms with van der Waals surface area (Å²) in [6.07, 6.45) is 13.1. The van der Waals surface area contributed by atoms with Gasteiger partial charge in [-0.25, -0.2) is 13.1 Å². The number of allylic oxidation sites excluding steroid dienone is 2. The molecular weight excluding hydrogens is 520 g/mol. The summed E-state index contributed by atoms with van der Waals surface area (Å²) in [6, 6.07) is 0.366. The van der Waals surface area contributed by atoms with E-state index >= 15 is 0 Å². The third-order valence-electron chi connectivity index (χ3n) is 12.5. The Labute approximate surface area is 243 Å². The molecule has 0 bridgehead atoms. The summed E-state index contributed by atoms with van der Waals surface area (Å²) >= 11 is 0. The van der Waals surface area contributed by atoms with E-state index in [0.29, 0.717) is 36.8 Å². The predicted molar refractivity (Wildman–Crippen MR) is 160 cm³/mol. The van der Waals surface area contributed by atoms with Crippen LogP contribution in [0.4, 0.5) is 0 Å². The van der Waals surface area contributed by atoms with Gasteiger partial charge in [0.1, 0.15) is 0 Å². The Balaban J connectivity index is 1.20. The summed E-state index contributed by atoms with van der Waals surface area (Å²) in [4.78, 5) is 2.56. The fourth-order valence-electron chi connectivity index (χ4n) is 10.6. The minimum atomic E-state index is -3.18. The van der Waals surface area contributed by atoms with Gasteiger partial charge in [0.25, 0.3) is 0 Å². The first-order valence-electron chi connectivity index (χ1n) is 16.4. The molecule has 7 heteroatoms. The number of hydrogen-bond donors (Lipinski definition) is 2. The molecular formula is C33H54N2O4S. The highest BCUT2D eigenvalue weighted by atomic mass is 32.2. The summed E-state index contributed by atoms with van der Waals surface area (Å²) in [5.41, 5.74) is 5.05. The maximum absolute atomic E-state index is 12.3. The van der Waals surface area contributed by atoms with Gasteiger partial charge in [-0.3, -0.25) is 4.90 Å². The molecule has 40 heavy (non-hydrogen) atoms. The monoisotopic (exact) mass is 574 g/mol. The summed E-state index contributed by atoms with van der Waals surface area (Å²) in [5.74, 6) is 3.37. The highest BCUT2D eigenvalue weighted by Gasteiger charge is 2.59. The molecule has 2 saturated carbocycles. The van der Waals surface area contributed by atoms with E-state index in [1.54, 1.807) is 16.7 Å². The summed E-state index contributed by atoms with van der Waals surface area (Å²) in [5, 5.41) is 10.3. The van der Waals surface area contributed by atoms with Gasteiger partial charge in [0.15, 0.2) is 0 Å². The molecule has 4 aliphatic carbocycles. The van der Waals surface area contributed by atoms with Crippen LogP contribution in [0.5, 0.6) is 0 Å². The fraction of sp³-hybridized carbons (Fsp3) is 0.879. The SMILES string of the molecule is CCCS(=O)(=O)NCCN1C[C@@H](C)C[C@H]2O[C@]3(CC[C@@H]4C(=C(C)C3)C[C@H]3[C@H]4CCC4=C[C@@H](O)CC[C@@]43C)[C@H](C)[C@@H]21. The molecule has 0 radical (unpaired) electrons. The van der Waals surface area contributed by atoms with E-state index in [1.165, 1.54) is 19.3 Å². The molecule has 4 fully saturated rings. The molecule has 226 valence electrons. The van der Waals surface area contributed by atoms with E-state index in [2.05, 4.69) is 43.4 Å². The number of fused-ring (bicyclic) bond motifs is 6. The molecule has 2 saturated heterocycles. The van der Waals surface area contributed by atoms with E-state index in [0.717, 1.165) is 63.5 Å². The number of rotatable bonds is 6. The standard InChI is InChI=1S/C33H54N2O4S/c1-6-15-40(37,38)34-13-14-35-20-21(2)16-30-31(35)23(4)33(39-30)12-10-26-27-8-7-24-17-25(36)9-11-32(24,5)29(27)18-28(26)22(3)19-33/h17,21,23,25-27,29-31,34,36H,6-16,18-20H2,1-5H3/t21-,23+,25-,26-,27-,29-,30+,31-,32-,33-/m0/s1. The average molecular weight is 575 g/mol. The normalized spacial score (nSPS) is 45.5. The lowest BCUT2D eigenvalue weighted by atomic mass is 9.56. The largest absolute Gasteiger partial charge is 0.389 e. The van der Waals surface area contributed by atoms with Crippen molar-refractivity contribution in [1.29, 1.82) is 0 Å². The van der Waals surface area contributed by atoms with Crippen LogP contribution in [0.2, 0.25) is 0 Å². The molecule has 2 N–H and O–H groups in total. The smallest absolute Gasteiger partial charge is 0.211 e. The summed E-state index contributed by atoms with van der Waals surface area (Å²) in [7, 11) is -3.18. The van der Waals surface area contributed by atoms with Crippen molar-refractivity contribution in [2.24, 2.45) is 35.0 Å². The average Bonchev–Trinajstić information content (AvgIpc) is 3.34. The van der Waals surface area contributed by atoms with E-state index in [4.69, 9.17) is 4.74 Å². The van der Waals surface area contributed by atoms with Crippen LogP contribution in [-0.2, 0) is 14.8 Å². The maximum atomic E-state index is 12.3. The lowest BCUT2D eigenvalue weighted by Crippen LogP contribution is -2.53. The van der Waals surface area contributed by atoms with Gasteiger partial charge >= 0.3 is 0 Å². The minimum absolute atomic E-state index is 0.102. The molecule has 0 amide bonds. The lowest BCUT2D eigenvalue weighted by Gasteiger charge is -2.49. The Bertz CT molecular complexity index is 1150. The summed E-state index contributed by atoms with van der Waals surface area (Å²) < 4.78 is 34.6. The molecule has 2 aliphatic heterocycles. The van der Waals surface area contributed by atoms with Gasteiger partial charge < -0.3 is 9.84 Å². The Morgan fingerprint density at radius 2 is 2.00 bits per heavy atom. The predicted octanol–water partition coefficient (Wildman–Crippen LogP) is 5.43. The van der Waals surface area contributed by atoms with Gasteiger partial charge in [0, 0.05) is 31.6 Å². The van der Waals surface area contributed by atoms with E-state index in [-0.39, 0.29) is 29.0 Å². The number of nitrogens with one attached hydrogen (secondary N) is 1. The molecule has 0 aromatic carbocycles. The second-order valence-electron chi connectivity index (χ2n) is 14.9. The van der Waals surface area contributed by atoms with E-state index in [9.17, 15) is 13.5 Å². The topological polar surface area (TPSA) is 78.9 Å². The fourth-order valence-corrected chi connectivity index (χ4v) is 11.7. The van der Waals surface area contributed by atoms with Gasteiger partial charge in [-0.05, 0) is 100 Å². The zero-order valence-electron chi connectivity index (χ0n) is 25.6.